The number of nitrogens with zero attached hydrogens (tertiary/aromatic N) is 3. The molecule has 24 heavy (non-hydrogen) atoms. The van der Waals surface area contributed by atoms with Crippen LogP contribution in [0.1, 0.15) is 10.5 Å². The highest BCUT2D eigenvalue weighted by Gasteiger charge is 2.16. The first-order valence-electron chi connectivity index (χ1n) is 6.70. The zero-order valence-corrected chi connectivity index (χ0v) is 13.8. The Kier molecular flexibility index (Phi) is 4.87. The van der Waals surface area contributed by atoms with Gasteiger partial charge < -0.3 is 10.3 Å². The van der Waals surface area contributed by atoms with Gasteiger partial charge in [0.05, 0.1) is 5.75 Å². The number of thioether (sulfide) groups is 1. The number of benzene rings is 1. The van der Waals surface area contributed by atoms with Crippen LogP contribution in [0.15, 0.2) is 45.3 Å². The predicted octanol–water partition coefficient (Wildman–Crippen LogP) is 2.02. The first kappa shape index (κ1) is 16.1. The average molecular weight is 361 g/mol. The number of anilines is 1. The van der Waals surface area contributed by atoms with Crippen LogP contribution >= 0.6 is 23.1 Å². The van der Waals surface area contributed by atoms with Crippen LogP contribution in [0, 0.1) is 0 Å². The topological polar surface area (TPSA) is 124 Å². The number of nitrogens with two attached hydrogens (primary N) is 1. The Morgan fingerprint density at radius 2 is 2.04 bits per heavy atom. The van der Waals surface area contributed by atoms with Gasteiger partial charge in [-0.3, -0.25) is 14.9 Å². The standard InChI is InChI=1S/C14H11N5O3S2/c15-11(20)7-23-14-18-17-13(24-14)16-12(21)9-6-10(22-19-9)8-4-2-1-3-5-8/h1-6H,7H2,(H2,15,20)(H,16,17,21). The fraction of sp³-hybridized carbons (Fsp3) is 0.0714. The Bertz CT molecular complexity index is 862. The molecular weight excluding hydrogens is 350 g/mol. The van der Waals surface area contributed by atoms with Crippen LogP contribution in [-0.4, -0.2) is 32.9 Å². The molecule has 2 aromatic heterocycles. The van der Waals surface area contributed by atoms with Crippen molar-refractivity contribution in [1.29, 1.82) is 0 Å². The quantitative estimate of drug-likeness (QED) is 0.508. The number of nitrogens with one attached hydrogen (secondary N) is 1. The molecule has 0 saturated heterocycles. The lowest BCUT2D eigenvalue weighted by Crippen LogP contribution is -2.12. The summed E-state index contributed by atoms with van der Waals surface area (Å²) in [5.41, 5.74) is 6.02. The normalized spacial score (nSPS) is 10.5. The van der Waals surface area contributed by atoms with E-state index in [9.17, 15) is 9.59 Å². The highest BCUT2D eigenvalue weighted by atomic mass is 32.2. The average Bonchev–Trinajstić information content (AvgIpc) is 3.23. The second kappa shape index (κ2) is 7.23. The fourth-order valence-corrected chi connectivity index (χ4v) is 3.22. The lowest BCUT2D eigenvalue weighted by Gasteiger charge is -1.95. The van der Waals surface area contributed by atoms with Crippen molar-refractivity contribution in [2.75, 3.05) is 11.1 Å². The van der Waals surface area contributed by atoms with E-state index >= 15 is 0 Å². The molecule has 0 aliphatic heterocycles. The summed E-state index contributed by atoms with van der Waals surface area (Å²) in [6.07, 6.45) is 0. The lowest BCUT2D eigenvalue weighted by atomic mass is 10.1. The predicted molar refractivity (Wildman–Crippen MR) is 89.7 cm³/mol. The van der Waals surface area contributed by atoms with Crippen molar-refractivity contribution < 1.29 is 14.1 Å². The smallest absolute Gasteiger partial charge is 0.279 e. The molecule has 0 atom stereocenters. The summed E-state index contributed by atoms with van der Waals surface area (Å²) >= 11 is 2.30. The van der Waals surface area contributed by atoms with Gasteiger partial charge in [-0.05, 0) is 0 Å². The Balaban J connectivity index is 1.65. The van der Waals surface area contributed by atoms with Crippen molar-refractivity contribution >= 4 is 40.0 Å². The third-order valence-electron chi connectivity index (χ3n) is 2.77. The van der Waals surface area contributed by atoms with Crippen molar-refractivity contribution in [2.24, 2.45) is 5.73 Å². The van der Waals surface area contributed by atoms with Crippen LogP contribution in [-0.2, 0) is 4.79 Å². The van der Waals surface area contributed by atoms with Gasteiger partial charge in [-0.2, -0.15) is 0 Å². The number of amides is 2. The van der Waals surface area contributed by atoms with Crippen LogP contribution in [0.3, 0.4) is 0 Å². The molecule has 8 nitrogen and oxygen atoms in total. The van der Waals surface area contributed by atoms with E-state index in [0.29, 0.717) is 15.2 Å². The molecule has 3 aromatic rings. The Morgan fingerprint density at radius 1 is 1.25 bits per heavy atom. The molecule has 0 fully saturated rings. The molecule has 10 heteroatoms. The Labute approximate surface area is 144 Å². The van der Waals surface area contributed by atoms with E-state index in [0.717, 1.165) is 28.7 Å². The molecule has 0 aliphatic carbocycles. The first-order valence-corrected chi connectivity index (χ1v) is 8.50. The van der Waals surface area contributed by atoms with E-state index in [1.54, 1.807) is 6.07 Å². The number of primary amides is 1. The lowest BCUT2D eigenvalue weighted by molar-refractivity contribution is -0.115. The Hall–Kier alpha value is -2.72. The zero-order valence-electron chi connectivity index (χ0n) is 12.1. The van der Waals surface area contributed by atoms with Crippen LogP contribution in [0.2, 0.25) is 0 Å². The number of carbonyl (C=O) groups excluding carboxylic acids is 2. The van der Waals surface area contributed by atoms with Crippen molar-refractivity contribution in [3.63, 3.8) is 0 Å². The molecular formula is C14H11N5O3S2. The fourth-order valence-electron chi connectivity index (χ4n) is 1.73. The molecule has 122 valence electrons. The molecule has 0 radical (unpaired) electrons. The van der Waals surface area contributed by atoms with Gasteiger partial charge in [-0.25, -0.2) is 0 Å². The van der Waals surface area contributed by atoms with Gasteiger partial charge >= 0.3 is 0 Å². The third kappa shape index (κ3) is 3.97. The van der Waals surface area contributed by atoms with Crippen molar-refractivity contribution in [2.45, 2.75) is 4.34 Å². The summed E-state index contributed by atoms with van der Waals surface area (Å²) in [6, 6.07) is 10.9. The maximum atomic E-state index is 12.2. The largest absolute Gasteiger partial charge is 0.369 e. The summed E-state index contributed by atoms with van der Waals surface area (Å²) < 4.78 is 5.72. The number of rotatable bonds is 6. The Morgan fingerprint density at radius 3 is 2.79 bits per heavy atom. The maximum Gasteiger partial charge on any atom is 0.279 e. The van der Waals surface area contributed by atoms with Gasteiger partial charge in [-0.15, -0.1) is 10.2 Å². The molecule has 0 bridgehead atoms. The van der Waals surface area contributed by atoms with Crippen LogP contribution in [0.4, 0.5) is 5.13 Å². The number of hydrogen-bond donors (Lipinski definition) is 2. The zero-order chi connectivity index (χ0) is 16.9. The van der Waals surface area contributed by atoms with Gasteiger partial charge in [-0.1, -0.05) is 58.6 Å². The SMILES string of the molecule is NC(=O)CSc1nnc(NC(=O)c2cc(-c3ccccc3)on2)s1. The third-order valence-corrected chi connectivity index (χ3v) is 4.76. The highest BCUT2D eigenvalue weighted by Crippen LogP contribution is 2.26. The summed E-state index contributed by atoms with van der Waals surface area (Å²) in [5.74, 6) is -0.303. The second-order valence-electron chi connectivity index (χ2n) is 4.52. The van der Waals surface area contributed by atoms with E-state index in [2.05, 4.69) is 20.7 Å². The van der Waals surface area contributed by atoms with E-state index < -0.39 is 11.8 Å². The van der Waals surface area contributed by atoms with E-state index in [-0.39, 0.29) is 11.4 Å². The summed E-state index contributed by atoms with van der Waals surface area (Å²) in [5, 5.41) is 14.3. The monoisotopic (exact) mass is 361 g/mol. The first-order chi connectivity index (χ1) is 11.6. The summed E-state index contributed by atoms with van der Waals surface area (Å²) in [6.45, 7) is 0. The van der Waals surface area contributed by atoms with Crippen molar-refractivity contribution in [3.8, 4) is 11.3 Å². The van der Waals surface area contributed by atoms with Gasteiger partial charge in [0.2, 0.25) is 11.0 Å². The molecule has 2 amide bonds. The second-order valence-corrected chi connectivity index (χ2v) is 6.72. The minimum absolute atomic E-state index is 0.103. The molecule has 3 rings (SSSR count). The van der Waals surface area contributed by atoms with Crippen LogP contribution < -0.4 is 11.1 Å². The molecule has 0 aliphatic rings. The molecule has 0 unspecified atom stereocenters. The minimum atomic E-state index is -0.455. The maximum absolute atomic E-state index is 12.2. The summed E-state index contributed by atoms with van der Waals surface area (Å²) in [7, 11) is 0. The number of hydrogen-bond acceptors (Lipinski definition) is 8. The van der Waals surface area contributed by atoms with Gasteiger partial charge in [0, 0.05) is 11.6 Å². The number of carbonyl (C=O) groups is 2. The highest BCUT2D eigenvalue weighted by molar-refractivity contribution is 8.01. The number of aromatic nitrogens is 3. The van der Waals surface area contributed by atoms with Crippen molar-refractivity contribution in [1.82, 2.24) is 15.4 Å². The van der Waals surface area contributed by atoms with E-state index in [1.807, 2.05) is 30.3 Å². The molecule has 0 saturated carbocycles. The molecule has 3 N–H and O–H groups in total. The van der Waals surface area contributed by atoms with Gasteiger partial charge in [0.1, 0.15) is 0 Å². The minimum Gasteiger partial charge on any atom is -0.369 e. The van der Waals surface area contributed by atoms with Gasteiger partial charge in [0.15, 0.2) is 15.8 Å². The summed E-state index contributed by atoms with van der Waals surface area (Å²) in [4.78, 5) is 22.9. The molecule has 1 aromatic carbocycles. The van der Waals surface area contributed by atoms with Gasteiger partial charge in [0.25, 0.3) is 5.91 Å². The van der Waals surface area contributed by atoms with E-state index in [1.165, 1.54) is 0 Å². The van der Waals surface area contributed by atoms with Crippen LogP contribution in [0.25, 0.3) is 11.3 Å². The van der Waals surface area contributed by atoms with E-state index in [4.69, 9.17) is 10.3 Å². The molecule has 0 spiro atoms. The van der Waals surface area contributed by atoms with Crippen LogP contribution in [0.5, 0.6) is 0 Å². The van der Waals surface area contributed by atoms with Crippen molar-refractivity contribution in [3.05, 3.63) is 42.1 Å². The molecule has 2 heterocycles.